The Balaban J connectivity index is 1.76. The minimum absolute atomic E-state index is 0.422. The molecule has 2 unspecified atom stereocenters. The summed E-state index contributed by atoms with van der Waals surface area (Å²) in [6.45, 7) is 0. The zero-order valence-corrected chi connectivity index (χ0v) is 9.93. The first-order chi connectivity index (χ1) is 7.34. The minimum Gasteiger partial charge on any atom is -0.327 e. The molecule has 0 aliphatic heterocycles. The maximum Gasteiger partial charge on any atom is 0.0111 e. The number of hydrogen-bond acceptors (Lipinski definition) is 2. The van der Waals surface area contributed by atoms with Crippen molar-refractivity contribution in [1.82, 2.24) is 0 Å². The Bertz CT molecular complexity index is 340. The van der Waals surface area contributed by atoms with Crippen LogP contribution in [0.2, 0.25) is 0 Å². The molecule has 1 saturated carbocycles. The van der Waals surface area contributed by atoms with Crippen molar-refractivity contribution in [2.24, 2.45) is 11.7 Å². The highest BCUT2D eigenvalue weighted by atomic mass is 32.1. The number of rotatable bonds is 3. The average Bonchev–Trinajstić information content (AvgIpc) is 2.93. The van der Waals surface area contributed by atoms with E-state index in [9.17, 15) is 0 Å². The van der Waals surface area contributed by atoms with E-state index in [0.29, 0.717) is 12.0 Å². The van der Waals surface area contributed by atoms with Crippen molar-refractivity contribution >= 4 is 11.3 Å². The zero-order valence-electron chi connectivity index (χ0n) is 9.11. The molecule has 0 bridgehead atoms. The summed E-state index contributed by atoms with van der Waals surface area (Å²) in [5.41, 5.74) is 7.95. The molecule has 2 aliphatic carbocycles. The van der Waals surface area contributed by atoms with Gasteiger partial charge in [0.15, 0.2) is 0 Å². The molecule has 15 heavy (non-hydrogen) atoms. The lowest BCUT2D eigenvalue weighted by Gasteiger charge is -2.28. The van der Waals surface area contributed by atoms with E-state index in [1.807, 2.05) is 11.3 Å². The van der Waals surface area contributed by atoms with E-state index in [2.05, 4.69) is 11.4 Å². The lowest BCUT2D eigenvalue weighted by Crippen LogP contribution is -2.30. The van der Waals surface area contributed by atoms with Gasteiger partial charge in [-0.05, 0) is 48.6 Å². The Morgan fingerprint density at radius 3 is 3.07 bits per heavy atom. The molecule has 1 heterocycles. The van der Waals surface area contributed by atoms with E-state index in [0.717, 1.165) is 5.92 Å². The first-order valence-corrected chi connectivity index (χ1v) is 7.04. The molecule has 0 saturated heterocycles. The quantitative estimate of drug-likeness (QED) is 0.832. The van der Waals surface area contributed by atoms with Crippen LogP contribution in [0.25, 0.3) is 0 Å². The van der Waals surface area contributed by atoms with Crippen LogP contribution >= 0.6 is 11.3 Å². The van der Waals surface area contributed by atoms with Gasteiger partial charge in [0.05, 0.1) is 0 Å². The normalized spacial score (nSPS) is 27.4. The van der Waals surface area contributed by atoms with Gasteiger partial charge in [-0.2, -0.15) is 0 Å². The molecule has 2 N–H and O–H groups in total. The number of hydrogen-bond donors (Lipinski definition) is 1. The van der Waals surface area contributed by atoms with Gasteiger partial charge >= 0.3 is 0 Å². The van der Waals surface area contributed by atoms with Crippen LogP contribution in [0.5, 0.6) is 0 Å². The van der Waals surface area contributed by atoms with Gasteiger partial charge < -0.3 is 5.73 Å². The second-order valence-electron chi connectivity index (χ2n) is 5.14. The first-order valence-electron chi connectivity index (χ1n) is 6.16. The molecule has 2 aliphatic rings. The molecule has 0 radical (unpaired) electrons. The van der Waals surface area contributed by atoms with Crippen LogP contribution in [0, 0.1) is 5.92 Å². The van der Waals surface area contributed by atoms with Crippen LogP contribution in [0.3, 0.4) is 0 Å². The molecule has 0 amide bonds. The maximum absolute atomic E-state index is 6.37. The smallest absolute Gasteiger partial charge is 0.0111 e. The van der Waals surface area contributed by atoms with Gasteiger partial charge in [-0.3, -0.25) is 0 Å². The van der Waals surface area contributed by atoms with Crippen molar-refractivity contribution in [3.8, 4) is 0 Å². The molecule has 2 atom stereocenters. The number of nitrogens with two attached hydrogens (primary N) is 1. The highest BCUT2D eigenvalue weighted by molar-refractivity contribution is 7.10. The van der Waals surface area contributed by atoms with Gasteiger partial charge in [-0.25, -0.2) is 0 Å². The van der Waals surface area contributed by atoms with Crippen LogP contribution in [0.4, 0.5) is 0 Å². The summed E-state index contributed by atoms with van der Waals surface area (Å²) in [4.78, 5) is 1.61. The monoisotopic (exact) mass is 221 g/mol. The van der Waals surface area contributed by atoms with Gasteiger partial charge in [-0.15, -0.1) is 11.3 Å². The number of aryl methyl sites for hydroxylation is 1. The lowest BCUT2D eigenvalue weighted by atomic mass is 9.81. The Morgan fingerprint density at radius 2 is 2.27 bits per heavy atom. The van der Waals surface area contributed by atoms with Gasteiger partial charge in [-0.1, -0.05) is 12.8 Å². The van der Waals surface area contributed by atoms with E-state index in [4.69, 9.17) is 5.73 Å². The molecule has 2 heteroatoms. The molecule has 0 spiro atoms. The van der Waals surface area contributed by atoms with Crippen molar-refractivity contribution in [3.05, 3.63) is 21.9 Å². The Labute approximate surface area is 95.7 Å². The van der Waals surface area contributed by atoms with E-state index >= 15 is 0 Å². The second kappa shape index (κ2) is 3.91. The van der Waals surface area contributed by atoms with Crippen LogP contribution in [0.1, 0.15) is 48.5 Å². The molecular formula is C13H19NS. The third kappa shape index (κ3) is 1.98. The largest absolute Gasteiger partial charge is 0.327 e. The topological polar surface area (TPSA) is 26.0 Å². The van der Waals surface area contributed by atoms with Crippen LogP contribution < -0.4 is 5.73 Å². The fourth-order valence-electron chi connectivity index (χ4n) is 2.87. The molecule has 1 aromatic heterocycles. The van der Waals surface area contributed by atoms with Crippen LogP contribution in [-0.4, -0.2) is 6.04 Å². The predicted octanol–water partition coefficient (Wildman–Crippen LogP) is 3.30. The highest BCUT2D eigenvalue weighted by Gasteiger charge is 2.31. The predicted molar refractivity (Wildman–Crippen MR) is 65.3 cm³/mol. The zero-order chi connectivity index (χ0) is 10.3. The maximum atomic E-state index is 6.37. The summed E-state index contributed by atoms with van der Waals surface area (Å²) < 4.78 is 0. The van der Waals surface area contributed by atoms with Crippen LogP contribution in [0.15, 0.2) is 11.4 Å². The van der Waals surface area contributed by atoms with E-state index in [-0.39, 0.29) is 0 Å². The standard InChI is InChI=1S/C13H19NS/c14-12(8-9-4-5-9)10-2-1-3-13-11(10)6-7-15-13/h6-7,9-10,12H,1-5,8,14H2. The first kappa shape index (κ1) is 9.86. The van der Waals surface area contributed by atoms with Gasteiger partial charge in [0.1, 0.15) is 0 Å². The second-order valence-corrected chi connectivity index (χ2v) is 6.14. The third-order valence-corrected chi connectivity index (χ3v) is 4.91. The summed E-state index contributed by atoms with van der Waals surface area (Å²) in [5, 5.41) is 2.24. The Hall–Kier alpha value is -0.340. The summed E-state index contributed by atoms with van der Waals surface area (Å²) >= 11 is 1.93. The van der Waals surface area contributed by atoms with E-state index in [1.54, 1.807) is 10.4 Å². The Morgan fingerprint density at radius 1 is 1.40 bits per heavy atom. The van der Waals surface area contributed by atoms with Crippen molar-refractivity contribution < 1.29 is 0 Å². The van der Waals surface area contributed by atoms with Gasteiger partial charge in [0, 0.05) is 16.8 Å². The van der Waals surface area contributed by atoms with Crippen molar-refractivity contribution in [3.63, 3.8) is 0 Å². The number of fused-ring (bicyclic) bond motifs is 1. The minimum atomic E-state index is 0.422. The Kier molecular flexibility index (Phi) is 2.57. The summed E-state index contributed by atoms with van der Waals surface area (Å²) in [6.07, 6.45) is 8.07. The van der Waals surface area contributed by atoms with Gasteiger partial charge in [0.2, 0.25) is 0 Å². The fourth-order valence-corrected chi connectivity index (χ4v) is 3.87. The fraction of sp³-hybridized carbons (Fsp3) is 0.692. The lowest BCUT2D eigenvalue weighted by molar-refractivity contribution is 0.429. The molecule has 0 aromatic carbocycles. The average molecular weight is 221 g/mol. The molecule has 1 nitrogen and oxygen atoms in total. The molecule has 3 rings (SSSR count). The van der Waals surface area contributed by atoms with Crippen LogP contribution in [-0.2, 0) is 6.42 Å². The van der Waals surface area contributed by atoms with Crippen molar-refractivity contribution in [1.29, 1.82) is 0 Å². The highest BCUT2D eigenvalue weighted by Crippen LogP contribution is 2.41. The molecule has 82 valence electrons. The third-order valence-electron chi connectivity index (χ3n) is 3.92. The van der Waals surface area contributed by atoms with E-state index in [1.165, 1.54) is 38.5 Å². The molecular weight excluding hydrogens is 202 g/mol. The van der Waals surface area contributed by atoms with E-state index < -0.39 is 0 Å². The van der Waals surface area contributed by atoms with Crippen molar-refractivity contribution in [2.45, 2.75) is 50.5 Å². The molecule has 1 fully saturated rings. The SMILES string of the molecule is NC(CC1CC1)C1CCCc2sccc21. The number of thiophene rings is 1. The summed E-state index contributed by atoms with van der Waals surface area (Å²) in [7, 11) is 0. The molecule has 1 aromatic rings. The summed E-state index contributed by atoms with van der Waals surface area (Å²) in [6, 6.07) is 2.74. The van der Waals surface area contributed by atoms with Crippen molar-refractivity contribution in [2.75, 3.05) is 0 Å². The summed E-state index contributed by atoms with van der Waals surface area (Å²) in [5.74, 6) is 1.63. The van der Waals surface area contributed by atoms with Gasteiger partial charge in [0.25, 0.3) is 0 Å².